The maximum Gasteiger partial charge on any atom is 0.122 e. The molecule has 4 aromatic rings. The molecular formula is C32H36O5S2. The van der Waals surface area contributed by atoms with Crippen LogP contribution in [0.4, 0.5) is 0 Å². The monoisotopic (exact) mass is 564 g/mol. The van der Waals surface area contributed by atoms with Crippen LogP contribution in [0.3, 0.4) is 0 Å². The lowest BCUT2D eigenvalue weighted by molar-refractivity contribution is 0.216. The zero-order chi connectivity index (χ0) is 27.7. The van der Waals surface area contributed by atoms with Gasteiger partial charge in [-0.2, -0.15) is 0 Å². The van der Waals surface area contributed by atoms with Gasteiger partial charge >= 0.3 is 0 Å². The van der Waals surface area contributed by atoms with Crippen molar-refractivity contribution in [3.8, 4) is 28.7 Å². The Morgan fingerprint density at radius 1 is 0.487 bits per heavy atom. The Morgan fingerprint density at radius 2 is 0.897 bits per heavy atom. The van der Waals surface area contributed by atoms with Gasteiger partial charge in [0.15, 0.2) is 0 Å². The van der Waals surface area contributed by atoms with E-state index in [0.29, 0.717) is 13.2 Å². The molecule has 0 unspecified atom stereocenters. The smallest absolute Gasteiger partial charge is 0.122 e. The van der Waals surface area contributed by atoms with Crippen LogP contribution in [0.2, 0.25) is 0 Å². The standard InChI is InChI=1S/C16H18O3.C16H18O2S2/c1-13-5-3-4-6-16(13)19-12-11-18-15-9-7-14(17-2)8-10-15;1-17-13-3-7-15(8-4-13)19-11-12-20-16-9-5-14(18-2)6-10-16/h3-10H,11-12H2,1-2H3;3-10H,11-12H2,1-2H3. The molecular weight excluding hydrogens is 528 g/mol. The Kier molecular flexibility index (Phi) is 13.3. The van der Waals surface area contributed by atoms with Gasteiger partial charge in [-0.3, -0.25) is 0 Å². The molecule has 7 heteroatoms. The summed E-state index contributed by atoms with van der Waals surface area (Å²) in [5, 5.41) is 0. The highest BCUT2D eigenvalue weighted by Crippen LogP contribution is 2.26. The van der Waals surface area contributed by atoms with Crippen LogP contribution in [0, 0.1) is 6.92 Å². The zero-order valence-corrected chi connectivity index (χ0v) is 24.6. The molecule has 0 bridgehead atoms. The average Bonchev–Trinajstić information content (AvgIpc) is 2.99. The van der Waals surface area contributed by atoms with E-state index in [1.165, 1.54) is 9.79 Å². The molecule has 0 aromatic heterocycles. The van der Waals surface area contributed by atoms with Crippen molar-refractivity contribution in [1.29, 1.82) is 0 Å². The lowest BCUT2D eigenvalue weighted by Gasteiger charge is -2.10. The molecule has 5 nitrogen and oxygen atoms in total. The number of hydrogen-bond acceptors (Lipinski definition) is 7. The minimum atomic E-state index is 0.515. The van der Waals surface area contributed by atoms with Crippen molar-refractivity contribution < 1.29 is 23.7 Å². The van der Waals surface area contributed by atoms with E-state index in [-0.39, 0.29) is 0 Å². The van der Waals surface area contributed by atoms with Crippen LogP contribution in [0.5, 0.6) is 28.7 Å². The molecule has 0 heterocycles. The first-order valence-corrected chi connectivity index (χ1v) is 14.6. The largest absolute Gasteiger partial charge is 0.497 e. The second-order valence-electron chi connectivity index (χ2n) is 8.19. The van der Waals surface area contributed by atoms with E-state index in [4.69, 9.17) is 23.7 Å². The summed E-state index contributed by atoms with van der Waals surface area (Å²) >= 11 is 3.73. The number of aryl methyl sites for hydroxylation is 1. The summed E-state index contributed by atoms with van der Waals surface area (Å²) in [6.45, 7) is 3.07. The van der Waals surface area contributed by atoms with Gasteiger partial charge in [0.25, 0.3) is 0 Å². The van der Waals surface area contributed by atoms with Gasteiger partial charge in [-0.25, -0.2) is 0 Å². The van der Waals surface area contributed by atoms with Gasteiger partial charge in [0.1, 0.15) is 42.0 Å². The molecule has 0 saturated heterocycles. The molecule has 0 fully saturated rings. The molecule has 0 radical (unpaired) electrons. The van der Waals surface area contributed by atoms with Crippen molar-refractivity contribution >= 4 is 23.5 Å². The van der Waals surface area contributed by atoms with Crippen LogP contribution in [-0.2, 0) is 0 Å². The number of ether oxygens (including phenoxy) is 5. The van der Waals surface area contributed by atoms with Gasteiger partial charge < -0.3 is 23.7 Å². The number of benzene rings is 4. The molecule has 4 rings (SSSR count). The number of rotatable bonds is 13. The lowest BCUT2D eigenvalue weighted by Crippen LogP contribution is -2.09. The zero-order valence-electron chi connectivity index (χ0n) is 22.9. The van der Waals surface area contributed by atoms with Crippen LogP contribution in [0.25, 0.3) is 0 Å². The van der Waals surface area contributed by atoms with E-state index < -0.39 is 0 Å². The third-order valence-electron chi connectivity index (χ3n) is 5.50. The van der Waals surface area contributed by atoms with E-state index in [1.54, 1.807) is 21.3 Å². The van der Waals surface area contributed by atoms with Gasteiger partial charge in [-0.05, 0) is 91.3 Å². The second kappa shape index (κ2) is 17.2. The van der Waals surface area contributed by atoms with E-state index in [0.717, 1.165) is 45.8 Å². The highest BCUT2D eigenvalue weighted by Gasteiger charge is 2.00. The van der Waals surface area contributed by atoms with E-state index in [1.807, 2.05) is 103 Å². The normalized spacial score (nSPS) is 10.2. The first-order chi connectivity index (χ1) is 19.1. The molecule has 4 aromatic carbocycles. The van der Waals surface area contributed by atoms with E-state index in [2.05, 4.69) is 24.3 Å². The fourth-order valence-corrected chi connectivity index (χ4v) is 5.16. The molecule has 0 N–H and O–H groups in total. The molecule has 0 spiro atoms. The summed E-state index contributed by atoms with van der Waals surface area (Å²) in [6.07, 6.45) is 0. The average molecular weight is 565 g/mol. The van der Waals surface area contributed by atoms with Crippen LogP contribution < -0.4 is 23.7 Å². The molecule has 0 aliphatic heterocycles. The SMILES string of the molecule is COc1ccc(OCCOc2ccccc2C)cc1.COc1ccc(SCCSc2ccc(OC)cc2)cc1. The molecule has 0 aliphatic carbocycles. The summed E-state index contributed by atoms with van der Waals surface area (Å²) < 4.78 is 26.6. The number of para-hydroxylation sites is 1. The third-order valence-corrected chi connectivity index (χ3v) is 7.79. The lowest BCUT2D eigenvalue weighted by atomic mass is 10.2. The van der Waals surface area contributed by atoms with Crippen molar-refractivity contribution in [2.45, 2.75) is 16.7 Å². The van der Waals surface area contributed by atoms with E-state index in [9.17, 15) is 0 Å². The van der Waals surface area contributed by atoms with Crippen molar-refractivity contribution in [3.63, 3.8) is 0 Å². The molecule has 206 valence electrons. The molecule has 0 aliphatic rings. The highest BCUT2D eigenvalue weighted by atomic mass is 32.2. The van der Waals surface area contributed by atoms with Crippen LogP contribution in [-0.4, -0.2) is 46.0 Å². The van der Waals surface area contributed by atoms with Crippen molar-refractivity contribution in [1.82, 2.24) is 0 Å². The highest BCUT2D eigenvalue weighted by molar-refractivity contribution is 8.03. The van der Waals surface area contributed by atoms with Gasteiger partial charge in [0, 0.05) is 21.3 Å². The first kappa shape index (κ1) is 30.1. The van der Waals surface area contributed by atoms with E-state index >= 15 is 0 Å². The van der Waals surface area contributed by atoms with Gasteiger partial charge in [0.2, 0.25) is 0 Å². The fraction of sp³-hybridized carbons (Fsp3) is 0.250. The Balaban J connectivity index is 0.000000216. The van der Waals surface area contributed by atoms with Gasteiger partial charge in [-0.15, -0.1) is 23.5 Å². The number of methoxy groups -OCH3 is 3. The summed E-state index contributed by atoms with van der Waals surface area (Å²) in [4.78, 5) is 2.56. The predicted molar refractivity (Wildman–Crippen MR) is 163 cm³/mol. The minimum absolute atomic E-state index is 0.515. The van der Waals surface area contributed by atoms with Crippen molar-refractivity contribution in [2.75, 3.05) is 46.0 Å². The Hall–Kier alpha value is -3.42. The Morgan fingerprint density at radius 3 is 1.36 bits per heavy atom. The van der Waals surface area contributed by atoms with Crippen molar-refractivity contribution in [3.05, 3.63) is 103 Å². The van der Waals surface area contributed by atoms with Crippen LogP contribution >= 0.6 is 23.5 Å². The van der Waals surface area contributed by atoms with Gasteiger partial charge in [0.05, 0.1) is 21.3 Å². The fourth-order valence-electron chi connectivity index (χ4n) is 3.36. The predicted octanol–water partition coefficient (Wildman–Crippen LogP) is 8.05. The first-order valence-electron chi connectivity index (χ1n) is 12.6. The second-order valence-corrected chi connectivity index (χ2v) is 10.5. The third kappa shape index (κ3) is 11.1. The Labute approximate surface area is 240 Å². The summed E-state index contributed by atoms with van der Waals surface area (Å²) in [7, 11) is 5.02. The topological polar surface area (TPSA) is 46.2 Å². The minimum Gasteiger partial charge on any atom is -0.497 e. The molecule has 0 saturated carbocycles. The van der Waals surface area contributed by atoms with Crippen LogP contribution in [0.1, 0.15) is 5.56 Å². The van der Waals surface area contributed by atoms with Gasteiger partial charge in [-0.1, -0.05) is 18.2 Å². The summed E-state index contributed by atoms with van der Waals surface area (Å²) in [6, 6.07) is 31.8. The molecule has 39 heavy (non-hydrogen) atoms. The summed E-state index contributed by atoms with van der Waals surface area (Å²) in [5.74, 6) is 6.52. The van der Waals surface area contributed by atoms with Crippen LogP contribution in [0.15, 0.2) is 107 Å². The molecule has 0 atom stereocenters. The van der Waals surface area contributed by atoms with Crippen molar-refractivity contribution in [2.24, 2.45) is 0 Å². The quantitative estimate of drug-likeness (QED) is 0.120. The Bertz CT molecular complexity index is 1160. The number of thioether (sulfide) groups is 2. The maximum absolute atomic E-state index is 5.65. The number of hydrogen-bond donors (Lipinski definition) is 0. The summed E-state index contributed by atoms with van der Waals surface area (Å²) in [5.41, 5.74) is 1.13. The molecule has 0 amide bonds. The maximum atomic E-state index is 5.65.